The van der Waals surface area contributed by atoms with Gasteiger partial charge in [-0.3, -0.25) is 29.9 Å². The van der Waals surface area contributed by atoms with Crippen LogP contribution < -0.4 is 5.32 Å². The number of carbonyl (C=O) groups excluding carboxylic acids is 3. The molecule has 4 rings (SSSR count). The first-order chi connectivity index (χ1) is 14.8. The predicted octanol–water partition coefficient (Wildman–Crippen LogP) is 3.42. The molecule has 1 saturated heterocycles. The molecule has 1 aliphatic rings. The first kappa shape index (κ1) is 19.8. The van der Waals surface area contributed by atoms with Crippen molar-refractivity contribution in [1.29, 1.82) is 0 Å². The molecular weight excluding hydrogens is 406 g/mol. The molecular formula is C21H15N3O7. The molecule has 10 nitrogen and oxygen atoms in total. The lowest BCUT2D eigenvalue weighted by molar-refractivity contribution is -0.384. The van der Waals surface area contributed by atoms with Crippen molar-refractivity contribution >= 4 is 29.6 Å². The van der Waals surface area contributed by atoms with Crippen LogP contribution in [-0.2, 0) is 16.1 Å². The van der Waals surface area contributed by atoms with Crippen molar-refractivity contribution in [3.63, 3.8) is 0 Å². The van der Waals surface area contributed by atoms with E-state index in [1.165, 1.54) is 24.5 Å². The number of carbonyl (C=O) groups is 3. The average molecular weight is 421 g/mol. The highest BCUT2D eigenvalue weighted by molar-refractivity contribution is 6.30. The topological polar surface area (TPSA) is 136 Å². The lowest BCUT2D eigenvalue weighted by Gasteiger charge is -2.25. The van der Waals surface area contributed by atoms with Gasteiger partial charge >= 0.3 is 6.03 Å². The smallest absolute Gasteiger partial charge is 0.331 e. The van der Waals surface area contributed by atoms with Crippen molar-refractivity contribution in [3.05, 3.63) is 81.5 Å². The van der Waals surface area contributed by atoms with Gasteiger partial charge in [0.25, 0.3) is 17.5 Å². The van der Waals surface area contributed by atoms with Gasteiger partial charge < -0.3 is 8.83 Å². The van der Waals surface area contributed by atoms with Crippen LogP contribution in [0.4, 0.5) is 10.5 Å². The van der Waals surface area contributed by atoms with Gasteiger partial charge in [-0.05, 0) is 48.9 Å². The van der Waals surface area contributed by atoms with E-state index >= 15 is 0 Å². The number of furan rings is 2. The van der Waals surface area contributed by atoms with Crippen LogP contribution in [0.5, 0.6) is 0 Å². The maximum absolute atomic E-state index is 12.7. The second-order valence-electron chi connectivity index (χ2n) is 6.75. The molecule has 1 fully saturated rings. The summed E-state index contributed by atoms with van der Waals surface area (Å²) >= 11 is 0. The molecule has 0 saturated carbocycles. The Kier molecular flexibility index (Phi) is 4.96. The number of hydrogen-bond acceptors (Lipinski definition) is 7. The number of nitrogens with one attached hydrogen (secondary N) is 1. The number of aryl methyl sites for hydroxylation is 1. The fourth-order valence-corrected chi connectivity index (χ4v) is 3.15. The van der Waals surface area contributed by atoms with Gasteiger partial charge in [-0.2, -0.15) is 0 Å². The molecule has 0 aliphatic carbocycles. The number of amides is 4. The van der Waals surface area contributed by atoms with Gasteiger partial charge in [0.1, 0.15) is 22.9 Å². The number of rotatable bonds is 5. The number of non-ortho nitro benzene ring substituents is 1. The van der Waals surface area contributed by atoms with Crippen molar-refractivity contribution in [2.75, 3.05) is 0 Å². The molecule has 1 aromatic carbocycles. The monoisotopic (exact) mass is 421 g/mol. The van der Waals surface area contributed by atoms with Crippen LogP contribution >= 0.6 is 0 Å². The van der Waals surface area contributed by atoms with E-state index in [9.17, 15) is 24.5 Å². The summed E-state index contributed by atoms with van der Waals surface area (Å²) < 4.78 is 10.9. The van der Waals surface area contributed by atoms with Crippen molar-refractivity contribution in [1.82, 2.24) is 10.2 Å². The molecule has 0 unspecified atom stereocenters. The summed E-state index contributed by atoms with van der Waals surface area (Å²) in [5.41, 5.74) is 0.946. The second-order valence-corrected chi connectivity index (χ2v) is 6.75. The van der Waals surface area contributed by atoms with E-state index in [1.54, 1.807) is 37.3 Å². The van der Waals surface area contributed by atoms with Crippen molar-refractivity contribution in [2.45, 2.75) is 13.5 Å². The van der Waals surface area contributed by atoms with E-state index in [2.05, 4.69) is 5.32 Å². The van der Waals surface area contributed by atoms with Gasteiger partial charge in [-0.1, -0.05) is 0 Å². The van der Waals surface area contributed by atoms with E-state index in [0.717, 1.165) is 4.90 Å². The maximum atomic E-state index is 12.7. The first-order valence-corrected chi connectivity index (χ1v) is 9.10. The zero-order valence-corrected chi connectivity index (χ0v) is 16.2. The Bertz CT molecular complexity index is 1240. The Morgan fingerprint density at radius 1 is 1.16 bits per heavy atom. The number of nitro groups is 1. The normalized spacial score (nSPS) is 15.5. The molecule has 3 heterocycles. The molecule has 0 atom stereocenters. The van der Waals surface area contributed by atoms with Crippen LogP contribution in [0.3, 0.4) is 0 Å². The molecule has 31 heavy (non-hydrogen) atoms. The van der Waals surface area contributed by atoms with Crippen LogP contribution in [0.1, 0.15) is 17.1 Å². The Balaban J connectivity index is 1.61. The van der Waals surface area contributed by atoms with E-state index in [-0.39, 0.29) is 23.6 Å². The summed E-state index contributed by atoms with van der Waals surface area (Å²) in [6.07, 6.45) is 2.65. The van der Waals surface area contributed by atoms with Gasteiger partial charge in [0.15, 0.2) is 0 Å². The minimum absolute atomic E-state index is 0.0408. The lowest BCUT2D eigenvalue weighted by atomic mass is 10.1. The van der Waals surface area contributed by atoms with E-state index in [0.29, 0.717) is 22.6 Å². The number of nitro benzene ring substituents is 1. The molecule has 0 spiro atoms. The highest BCUT2D eigenvalue weighted by Crippen LogP contribution is 2.29. The molecule has 1 aliphatic heterocycles. The molecule has 2 aromatic heterocycles. The number of barbiturate groups is 1. The van der Waals surface area contributed by atoms with Crippen molar-refractivity contribution < 1.29 is 28.1 Å². The number of urea groups is 1. The third-order valence-corrected chi connectivity index (χ3v) is 4.68. The largest absolute Gasteiger partial charge is 0.467 e. The molecule has 0 radical (unpaired) electrons. The molecule has 3 aromatic rings. The third-order valence-electron chi connectivity index (χ3n) is 4.68. The van der Waals surface area contributed by atoms with Crippen molar-refractivity contribution in [2.24, 2.45) is 0 Å². The zero-order chi connectivity index (χ0) is 22.1. The van der Waals surface area contributed by atoms with Crippen LogP contribution in [0.25, 0.3) is 17.4 Å². The Morgan fingerprint density at radius 3 is 2.65 bits per heavy atom. The Hall–Kier alpha value is -4.47. The van der Waals surface area contributed by atoms with E-state index in [1.807, 2.05) is 0 Å². The minimum atomic E-state index is -0.842. The van der Waals surface area contributed by atoms with Gasteiger partial charge in [0.2, 0.25) is 0 Å². The number of imide groups is 2. The SMILES string of the molecule is Cc1cc([N+](=O)[O-])ccc1-c1ccc(/C=C2/C(=O)NC(=O)N(Cc3ccco3)C2=O)o1. The van der Waals surface area contributed by atoms with Gasteiger partial charge in [0.05, 0.1) is 17.7 Å². The summed E-state index contributed by atoms with van der Waals surface area (Å²) in [7, 11) is 0. The number of benzene rings is 1. The highest BCUT2D eigenvalue weighted by atomic mass is 16.6. The molecule has 0 bridgehead atoms. The van der Waals surface area contributed by atoms with Crippen LogP contribution in [0, 0.1) is 17.0 Å². The molecule has 10 heteroatoms. The third kappa shape index (κ3) is 3.86. The van der Waals surface area contributed by atoms with Gasteiger partial charge in [-0.25, -0.2) is 4.79 Å². The molecule has 1 N–H and O–H groups in total. The van der Waals surface area contributed by atoms with Crippen LogP contribution in [0.15, 0.2) is 63.1 Å². The first-order valence-electron chi connectivity index (χ1n) is 9.10. The minimum Gasteiger partial charge on any atom is -0.467 e. The van der Waals surface area contributed by atoms with Crippen LogP contribution in [0.2, 0.25) is 0 Å². The number of nitrogens with zero attached hydrogens (tertiary/aromatic N) is 2. The fraction of sp³-hybridized carbons (Fsp3) is 0.0952. The standard InChI is InChI=1S/C21H15N3O7/c1-12-9-13(24(28)29)4-6-16(12)18-7-5-14(31-18)10-17-19(25)22-21(27)23(20(17)26)11-15-3-2-8-30-15/h2-10H,11H2,1H3,(H,22,25,27)/b17-10-. The zero-order valence-electron chi connectivity index (χ0n) is 16.2. The Morgan fingerprint density at radius 2 is 1.97 bits per heavy atom. The second kappa shape index (κ2) is 7.75. The summed E-state index contributed by atoms with van der Waals surface area (Å²) in [5.74, 6) is -0.624. The lowest BCUT2D eigenvalue weighted by Crippen LogP contribution is -2.53. The summed E-state index contributed by atoms with van der Waals surface area (Å²) in [5, 5.41) is 13.0. The van der Waals surface area contributed by atoms with E-state index < -0.39 is 22.8 Å². The van der Waals surface area contributed by atoms with E-state index in [4.69, 9.17) is 8.83 Å². The summed E-state index contributed by atoms with van der Waals surface area (Å²) in [4.78, 5) is 48.3. The Labute approximate surface area is 174 Å². The summed E-state index contributed by atoms with van der Waals surface area (Å²) in [6, 6.07) is 9.90. The van der Waals surface area contributed by atoms with Crippen LogP contribution in [-0.4, -0.2) is 27.7 Å². The summed E-state index contributed by atoms with van der Waals surface area (Å²) in [6.45, 7) is 1.58. The fourth-order valence-electron chi connectivity index (χ4n) is 3.15. The maximum Gasteiger partial charge on any atom is 0.331 e. The molecule has 156 valence electrons. The number of hydrogen-bond donors (Lipinski definition) is 1. The highest BCUT2D eigenvalue weighted by Gasteiger charge is 2.36. The quantitative estimate of drug-likeness (QED) is 0.288. The molecule has 4 amide bonds. The average Bonchev–Trinajstić information content (AvgIpc) is 3.40. The van der Waals surface area contributed by atoms with Gasteiger partial charge in [0, 0.05) is 17.7 Å². The van der Waals surface area contributed by atoms with Gasteiger partial charge in [-0.15, -0.1) is 0 Å². The predicted molar refractivity (Wildman–Crippen MR) is 106 cm³/mol. The van der Waals surface area contributed by atoms with Crippen molar-refractivity contribution in [3.8, 4) is 11.3 Å².